The SMILES string of the molecule is COc1ccc(Nc2cc(C(=O)NC3CC3)ncn2)cc1OC. The van der Waals surface area contributed by atoms with Gasteiger partial charge in [-0.1, -0.05) is 0 Å². The van der Waals surface area contributed by atoms with Crippen LogP contribution in [0.5, 0.6) is 11.5 Å². The summed E-state index contributed by atoms with van der Waals surface area (Å²) in [5.41, 5.74) is 1.12. The van der Waals surface area contributed by atoms with E-state index in [9.17, 15) is 4.79 Å². The molecule has 0 spiro atoms. The molecule has 7 nitrogen and oxygen atoms in total. The fraction of sp³-hybridized carbons (Fsp3) is 0.312. The normalized spacial score (nSPS) is 13.3. The number of amides is 1. The van der Waals surface area contributed by atoms with Crippen LogP contribution >= 0.6 is 0 Å². The standard InChI is InChI=1S/C16H18N4O3/c1-22-13-6-5-11(7-14(13)23-2)19-15-8-12(17-9-18-15)16(21)20-10-3-4-10/h5-10H,3-4H2,1-2H3,(H,20,21)(H,17,18,19). The van der Waals surface area contributed by atoms with Gasteiger partial charge in [-0.05, 0) is 25.0 Å². The molecule has 0 bridgehead atoms. The zero-order chi connectivity index (χ0) is 16.2. The molecule has 1 fully saturated rings. The number of carbonyl (C=O) groups excluding carboxylic acids is 1. The first-order valence-electron chi connectivity index (χ1n) is 7.31. The van der Waals surface area contributed by atoms with Crippen LogP contribution < -0.4 is 20.1 Å². The maximum Gasteiger partial charge on any atom is 0.270 e. The summed E-state index contributed by atoms with van der Waals surface area (Å²) in [5.74, 6) is 1.61. The highest BCUT2D eigenvalue weighted by atomic mass is 16.5. The number of benzene rings is 1. The molecule has 0 atom stereocenters. The molecular weight excluding hydrogens is 296 g/mol. The molecule has 2 N–H and O–H groups in total. The lowest BCUT2D eigenvalue weighted by Gasteiger charge is -2.11. The van der Waals surface area contributed by atoms with E-state index < -0.39 is 0 Å². The van der Waals surface area contributed by atoms with Crippen LogP contribution in [0.3, 0.4) is 0 Å². The van der Waals surface area contributed by atoms with Gasteiger partial charge in [-0.3, -0.25) is 4.79 Å². The van der Waals surface area contributed by atoms with Crippen molar-refractivity contribution in [2.24, 2.45) is 0 Å². The first kappa shape index (κ1) is 15.1. The zero-order valence-corrected chi connectivity index (χ0v) is 13.0. The predicted octanol–water partition coefficient (Wildman–Crippen LogP) is 2.13. The van der Waals surface area contributed by atoms with Crippen molar-refractivity contribution in [3.05, 3.63) is 36.3 Å². The maximum atomic E-state index is 12.0. The third kappa shape index (κ3) is 3.68. The Bertz CT molecular complexity index is 716. The van der Waals surface area contributed by atoms with Crippen LogP contribution in [0.25, 0.3) is 0 Å². The van der Waals surface area contributed by atoms with E-state index in [1.165, 1.54) is 6.33 Å². The van der Waals surface area contributed by atoms with Gasteiger partial charge < -0.3 is 20.1 Å². The van der Waals surface area contributed by atoms with Crippen LogP contribution in [0.1, 0.15) is 23.3 Å². The van der Waals surface area contributed by atoms with E-state index in [4.69, 9.17) is 9.47 Å². The van der Waals surface area contributed by atoms with E-state index >= 15 is 0 Å². The number of methoxy groups -OCH3 is 2. The summed E-state index contributed by atoms with van der Waals surface area (Å²) in [6, 6.07) is 7.34. The van der Waals surface area contributed by atoms with Crippen LogP contribution in [0, 0.1) is 0 Å². The molecule has 0 unspecified atom stereocenters. The average molecular weight is 314 g/mol. The van der Waals surface area contributed by atoms with E-state index in [0.717, 1.165) is 18.5 Å². The smallest absolute Gasteiger partial charge is 0.270 e. The van der Waals surface area contributed by atoms with Crippen molar-refractivity contribution in [3.8, 4) is 11.5 Å². The lowest BCUT2D eigenvalue weighted by Crippen LogP contribution is -2.26. The Morgan fingerprint density at radius 2 is 1.91 bits per heavy atom. The van der Waals surface area contributed by atoms with E-state index in [1.54, 1.807) is 32.4 Å². The summed E-state index contributed by atoms with van der Waals surface area (Å²) in [6.45, 7) is 0. The fourth-order valence-corrected chi connectivity index (χ4v) is 2.10. The minimum Gasteiger partial charge on any atom is -0.493 e. The maximum absolute atomic E-state index is 12.0. The van der Waals surface area contributed by atoms with Crippen LogP contribution in [0.4, 0.5) is 11.5 Å². The van der Waals surface area contributed by atoms with Gasteiger partial charge in [-0.15, -0.1) is 0 Å². The molecule has 1 amide bonds. The lowest BCUT2D eigenvalue weighted by atomic mass is 10.2. The van der Waals surface area contributed by atoms with Gasteiger partial charge in [0.25, 0.3) is 5.91 Å². The quantitative estimate of drug-likeness (QED) is 0.849. The second kappa shape index (κ2) is 6.51. The fourth-order valence-electron chi connectivity index (χ4n) is 2.10. The Morgan fingerprint density at radius 1 is 1.13 bits per heavy atom. The predicted molar refractivity (Wildman–Crippen MR) is 85.3 cm³/mol. The number of hydrogen-bond acceptors (Lipinski definition) is 6. The topological polar surface area (TPSA) is 85.4 Å². The monoisotopic (exact) mass is 314 g/mol. The third-order valence-electron chi connectivity index (χ3n) is 3.47. The molecule has 2 aromatic rings. The molecule has 0 saturated heterocycles. The number of anilines is 2. The highest BCUT2D eigenvalue weighted by Gasteiger charge is 2.24. The Labute approximate surface area is 134 Å². The van der Waals surface area contributed by atoms with Gasteiger partial charge in [0, 0.05) is 23.9 Å². The number of hydrogen-bond donors (Lipinski definition) is 2. The van der Waals surface area contributed by atoms with Crippen LogP contribution in [0.15, 0.2) is 30.6 Å². The molecule has 3 rings (SSSR count). The molecular formula is C16H18N4O3. The molecule has 120 valence electrons. The molecule has 7 heteroatoms. The van der Waals surface area contributed by atoms with E-state index in [-0.39, 0.29) is 5.91 Å². The number of aromatic nitrogens is 2. The van der Waals surface area contributed by atoms with Gasteiger partial charge in [0.2, 0.25) is 0 Å². The second-order valence-electron chi connectivity index (χ2n) is 5.23. The van der Waals surface area contributed by atoms with Gasteiger partial charge >= 0.3 is 0 Å². The summed E-state index contributed by atoms with van der Waals surface area (Å²) in [4.78, 5) is 20.2. The van der Waals surface area contributed by atoms with Crippen molar-refractivity contribution < 1.29 is 14.3 Å². The van der Waals surface area contributed by atoms with E-state index in [1.807, 2.05) is 6.07 Å². The molecule has 23 heavy (non-hydrogen) atoms. The Morgan fingerprint density at radius 3 is 2.61 bits per heavy atom. The minimum atomic E-state index is -0.176. The summed E-state index contributed by atoms with van der Waals surface area (Å²) in [5, 5.41) is 6.03. The Balaban J connectivity index is 1.75. The lowest BCUT2D eigenvalue weighted by molar-refractivity contribution is 0.0946. The molecule has 1 aliphatic rings. The second-order valence-corrected chi connectivity index (χ2v) is 5.23. The molecule has 1 heterocycles. The number of ether oxygens (including phenoxy) is 2. The molecule has 0 aliphatic heterocycles. The molecule has 1 aromatic heterocycles. The van der Waals surface area contributed by atoms with Gasteiger partial charge in [0.05, 0.1) is 14.2 Å². The summed E-state index contributed by atoms with van der Waals surface area (Å²) in [6.07, 6.45) is 3.44. The van der Waals surface area contributed by atoms with Crippen molar-refractivity contribution in [1.82, 2.24) is 15.3 Å². The zero-order valence-electron chi connectivity index (χ0n) is 13.0. The average Bonchev–Trinajstić information content (AvgIpc) is 3.39. The number of rotatable bonds is 6. The largest absolute Gasteiger partial charge is 0.493 e. The van der Waals surface area contributed by atoms with Gasteiger partial charge in [-0.25, -0.2) is 9.97 Å². The van der Waals surface area contributed by atoms with Crippen molar-refractivity contribution in [1.29, 1.82) is 0 Å². The number of nitrogens with one attached hydrogen (secondary N) is 2. The van der Waals surface area contributed by atoms with Gasteiger partial charge in [0.15, 0.2) is 11.5 Å². The van der Waals surface area contributed by atoms with Gasteiger partial charge in [0.1, 0.15) is 17.8 Å². The van der Waals surface area contributed by atoms with E-state index in [2.05, 4.69) is 20.6 Å². The molecule has 0 radical (unpaired) electrons. The molecule has 1 aromatic carbocycles. The Hall–Kier alpha value is -2.83. The summed E-state index contributed by atoms with van der Waals surface area (Å²) >= 11 is 0. The Kier molecular flexibility index (Phi) is 4.27. The van der Waals surface area contributed by atoms with Crippen LogP contribution in [-0.2, 0) is 0 Å². The highest BCUT2D eigenvalue weighted by molar-refractivity contribution is 5.93. The van der Waals surface area contributed by atoms with E-state index in [0.29, 0.717) is 29.1 Å². The number of carbonyl (C=O) groups is 1. The van der Waals surface area contributed by atoms with Crippen molar-refractivity contribution in [3.63, 3.8) is 0 Å². The summed E-state index contributed by atoms with van der Waals surface area (Å²) in [7, 11) is 3.16. The van der Waals surface area contributed by atoms with Crippen molar-refractivity contribution in [2.45, 2.75) is 18.9 Å². The highest BCUT2D eigenvalue weighted by Crippen LogP contribution is 2.30. The molecule has 1 aliphatic carbocycles. The first-order valence-corrected chi connectivity index (χ1v) is 7.31. The third-order valence-corrected chi connectivity index (χ3v) is 3.47. The molecule has 1 saturated carbocycles. The van der Waals surface area contributed by atoms with Crippen LogP contribution in [-0.4, -0.2) is 36.1 Å². The van der Waals surface area contributed by atoms with Crippen molar-refractivity contribution in [2.75, 3.05) is 19.5 Å². The van der Waals surface area contributed by atoms with Crippen molar-refractivity contribution >= 4 is 17.4 Å². The minimum absolute atomic E-state index is 0.176. The first-order chi connectivity index (χ1) is 11.2. The number of nitrogens with zero attached hydrogens (tertiary/aromatic N) is 2. The van der Waals surface area contributed by atoms with Gasteiger partial charge in [-0.2, -0.15) is 0 Å². The summed E-state index contributed by atoms with van der Waals surface area (Å²) < 4.78 is 10.5. The van der Waals surface area contributed by atoms with Crippen LogP contribution in [0.2, 0.25) is 0 Å².